The third-order valence-electron chi connectivity index (χ3n) is 4.35. The third kappa shape index (κ3) is 4.62. The number of Topliss-reactive ketones (excluding diaryl/α,β-unsaturated/α-hetero) is 1. The normalized spacial score (nSPS) is 10.7. The Morgan fingerprint density at radius 3 is 2.61 bits per heavy atom. The average molecular weight is 452 g/mol. The van der Waals surface area contributed by atoms with Crippen LogP contribution in [0.25, 0.3) is 17.1 Å². The predicted molar refractivity (Wildman–Crippen MR) is 118 cm³/mol. The molecule has 0 aliphatic carbocycles. The molecule has 154 valence electrons. The highest BCUT2D eigenvalue weighted by atomic mass is 35.5. The molecule has 0 amide bonds. The molecule has 0 bridgehead atoms. The fourth-order valence-corrected chi connectivity index (χ4v) is 3.85. The molecule has 0 N–H and O–H groups in total. The first kappa shape index (κ1) is 20.7. The average Bonchev–Trinajstić information content (AvgIpc) is 3.22. The van der Waals surface area contributed by atoms with Crippen molar-refractivity contribution >= 4 is 34.8 Å². The molecule has 2 heterocycles. The van der Waals surface area contributed by atoms with Crippen LogP contribution < -0.4 is 0 Å². The summed E-state index contributed by atoms with van der Waals surface area (Å²) < 4.78 is 1.82. The van der Waals surface area contributed by atoms with E-state index in [1.807, 2.05) is 22.8 Å². The number of nitro benzene ring substituents is 1. The summed E-state index contributed by atoms with van der Waals surface area (Å²) in [5, 5.41) is 20.6. The second-order valence-electron chi connectivity index (χ2n) is 6.38. The number of nitrogens with zero attached hydrogens (tertiary/aromatic N) is 5. The molecule has 0 radical (unpaired) electrons. The minimum Gasteiger partial charge on any atom is -0.293 e. The molecule has 0 saturated carbocycles. The second-order valence-corrected chi connectivity index (χ2v) is 7.76. The van der Waals surface area contributed by atoms with Gasteiger partial charge in [0, 0.05) is 46.4 Å². The summed E-state index contributed by atoms with van der Waals surface area (Å²) in [4.78, 5) is 27.2. The van der Waals surface area contributed by atoms with Gasteiger partial charge in [-0.3, -0.25) is 24.5 Å². The molecule has 0 aliphatic heterocycles. The van der Waals surface area contributed by atoms with E-state index in [1.165, 1.54) is 30.0 Å². The highest BCUT2D eigenvalue weighted by Gasteiger charge is 2.19. The number of rotatable bonds is 7. The van der Waals surface area contributed by atoms with Crippen molar-refractivity contribution in [3.8, 4) is 17.1 Å². The number of thioether (sulfide) groups is 1. The number of carbonyl (C=O) groups is 1. The Morgan fingerprint density at radius 2 is 1.90 bits per heavy atom. The zero-order chi connectivity index (χ0) is 21.8. The van der Waals surface area contributed by atoms with Gasteiger partial charge in [0.2, 0.25) is 0 Å². The first-order valence-corrected chi connectivity index (χ1v) is 10.4. The molecule has 0 spiro atoms. The molecule has 8 nitrogen and oxygen atoms in total. The van der Waals surface area contributed by atoms with Crippen molar-refractivity contribution in [2.45, 2.75) is 5.16 Å². The molecule has 4 rings (SSSR count). The molecule has 0 atom stereocenters. The molecular weight excluding hydrogens is 438 g/mol. The second kappa shape index (κ2) is 9.07. The maximum absolute atomic E-state index is 12.6. The van der Waals surface area contributed by atoms with Crippen LogP contribution >= 0.6 is 23.4 Å². The van der Waals surface area contributed by atoms with Crippen molar-refractivity contribution < 1.29 is 9.72 Å². The quantitative estimate of drug-likeness (QED) is 0.171. The van der Waals surface area contributed by atoms with Gasteiger partial charge in [-0.2, -0.15) is 0 Å². The van der Waals surface area contributed by atoms with Crippen molar-refractivity contribution in [3.05, 3.63) is 93.8 Å². The zero-order valence-corrected chi connectivity index (χ0v) is 17.5. The molecule has 0 unspecified atom stereocenters. The van der Waals surface area contributed by atoms with Gasteiger partial charge in [-0.25, -0.2) is 0 Å². The highest BCUT2D eigenvalue weighted by molar-refractivity contribution is 7.99. The lowest BCUT2D eigenvalue weighted by molar-refractivity contribution is -0.384. The number of hydrogen-bond donors (Lipinski definition) is 0. The fraction of sp³-hybridized carbons (Fsp3) is 0.0476. The van der Waals surface area contributed by atoms with Crippen LogP contribution in [-0.2, 0) is 0 Å². The van der Waals surface area contributed by atoms with Gasteiger partial charge in [0.25, 0.3) is 5.69 Å². The van der Waals surface area contributed by atoms with Crippen LogP contribution in [-0.4, -0.2) is 36.2 Å². The third-order valence-corrected chi connectivity index (χ3v) is 5.53. The van der Waals surface area contributed by atoms with E-state index in [9.17, 15) is 14.9 Å². The van der Waals surface area contributed by atoms with Gasteiger partial charge in [-0.05, 0) is 36.4 Å². The molecule has 10 heteroatoms. The topological polar surface area (TPSA) is 104 Å². The number of halogens is 1. The minimum absolute atomic E-state index is 0.0416. The lowest BCUT2D eigenvalue weighted by Crippen LogP contribution is -2.05. The van der Waals surface area contributed by atoms with Crippen molar-refractivity contribution in [2.75, 3.05) is 5.75 Å². The predicted octanol–water partition coefficient (Wildman–Crippen LogP) is 4.87. The monoisotopic (exact) mass is 451 g/mol. The molecule has 2 aromatic carbocycles. The maximum atomic E-state index is 12.6. The van der Waals surface area contributed by atoms with E-state index in [1.54, 1.807) is 36.7 Å². The Kier molecular flexibility index (Phi) is 6.06. The van der Waals surface area contributed by atoms with E-state index >= 15 is 0 Å². The standard InChI is InChI=1S/C21H14ClN5O3S/c22-16-6-8-17(9-7-16)26-20(15-4-2-10-23-12-15)24-25-21(26)31-13-19(28)14-3-1-5-18(11-14)27(29)30/h1-12H,13H2. The van der Waals surface area contributed by atoms with Crippen molar-refractivity contribution in [2.24, 2.45) is 0 Å². The van der Waals surface area contributed by atoms with Crippen molar-refractivity contribution in [3.63, 3.8) is 0 Å². The summed E-state index contributed by atoms with van der Waals surface area (Å²) in [5.41, 5.74) is 1.69. The Balaban J connectivity index is 1.65. The summed E-state index contributed by atoms with van der Waals surface area (Å²) in [6.45, 7) is 0. The van der Waals surface area contributed by atoms with Crippen LogP contribution in [0, 0.1) is 10.1 Å². The lowest BCUT2D eigenvalue weighted by atomic mass is 10.1. The molecule has 2 aromatic heterocycles. The Hall–Kier alpha value is -3.56. The molecule has 0 saturated heterocycles. The smallest absolute Gasteiger partial charge is 0.270 e. The van der Waals surface area contributed by atoms with Gasteiger partial charge < -0.3 is 0 Å². The first-order chi connectivity index (χ1) is 15.0. The van der Waals surface area contributed by atoms with E-state index in [2.05, 4.69) is 15.2 Å². The van der Waals surface area contributed by atoms with Gasteiger partial charge >= 0.3 is 0 Å². The van der Waals surface area contributed by atoms with Crippen LogP contribution in [0.4, 0.5) is 5.69 Å². The number of carbonyl (C=O) groups excluding carboxylic acids is 1. The molecule has 0 aliphatic rings. The van der Waals surface area contributed by atoms with Gasteiger partial charge in [-0.1, -0.05) is 35.5 Å². The summed E-state index contributed by atoms with van der Waals surface area (Å²) in [7, 11) is 0. The lowest BCUT2D eigenvalue weighted by Gasteiger charge is -2.10. The summed E-state index contributed by atoms with van der Waals surface area (Å²) in [6.07, 6.45) is 3.35. The van der Waals surface area contributed by atoms with E-state index in [0.717, 1.165) is 11.3 Å². The molecule has 4 aromatic rings. The van der Waals surface area contributed by atoms with Crippen LogP contribution in [0.3, 0.4) is 0 Å². The van der Waals surface area contributed by atoms with Crippen molar-refractivity contribution in [1.82, 2.24) is 19.7 Å². The van der Waals surface area contributed by atoms with Gasteiger partial charge in [0.05, 0.1) is 10.7 Å². The van der Waals surface area contributed by atoms with Crippen LogP contribution in [0.15, 0.2) is 78.2 Å². The van der Waals surface area contributed by atoms with Crippen LogP contribution in [0.2, 0.25) is 5.02 Å². The van der Waals surface area contributed by atoms with Gasteiger partial charge in [0.15, 0.2) is 16.8 Å². The number of hydrogen-bond acceptors (Lipinski definition) is 7. The summed E-state index contributed by atoms with van der Waals surface area (Å²) in [5.74, 6) is 0.364. The first-order valence-electron chi connectivity index (χ1n) is 9.05. The van der Waals surface area contributed by atoms with Gasteiger partial charge in [-0.15, -0.1) is 10.2 Å². The Morgan fingerprint density at radius 1 is 1.10 bits per heavy atom. The molecule has 31 heavy (non-hydrogen) atoms. The fourth-order valence-electron chi connectivity index (χ4n) is 2.87. The van der Waals surface area contributed by atoms with E-state index in [-0.39, 0.29) is 22.8 Å². The minimum atomic E-state index is -0.527. The van der Waals surface area contributed by atoms with E-state index in [4.69, 9.17) is 11.6 Å². The summed E-state index contributed by atoms with van der Waals surface area (Å²) >= 11 is 7.22. The highest BCUT2D eigenvalue weighted by Crippen LogP contribution is 2.29. The number of nitro groups is 1. The Bertz CT molecular complexity index is 1250. The van der Waals surface area contributed by atoms with E-state index in [0.29, 0.717) is 16.0 Å². The number of pyridine rings is 1. The number of ketones is 1. The van der Waals surface area contributed by atoms with E-state index < -0.39 is 4.92 Å². The van der Waals surface area contributed by atoms with Gasteiger partial charge in [0.1, 0.15) is 0 Å². The van der Waals surface area contributed by atoms with Crippen LogP contribution in [0.5, 0.6) is 0 Å². The molecular formula is C21H14ClN5O3S. The largest absolute Gasteiger partial charge is 0.293 e. The number of benzene rings is 2. The zero-order valence-electron chi connectivity index (χ0n) is 15.9. The molecule has 0 fully saturated rings. The van der Waals surface area contributed by atoms with Crippen LogP contribution in [0.1, 0.15) is 10.4 Å². The number of aromatic nitrogens is 4. The number of non-ortho nitro benzene ring substituents is 1. The van der Waals surface area contributed by atoms with Crippen molar-refractivity contribution in [1.29, 1.82) is 0 Å². The SMILES string of the molecule is O=C(CSc1nnc(-c2cccnc2)n1-c1ccc(Cl)cc1)c1cccc([N+](=O)[O-])c1. The maximum Gasteiger partial charge on any atom is 0.270 e. The summed E-state index contributed by atoms with van der Waals surface area (Å²) in [6, 6.07) is 16.5. The Labute approximate surface area is 186 Å².